The molecule has 2 aromatic rings. The first-order valence-corrected chi connectivity index (χ1v) is 7.39. The van der Waals surface area contributed by atoms with Gasteiger partial charge >= 0.3 is 0 Å². The summed E-state index contributed by atoms with van der Waals surface area (Å²) >= 11 is 0. The fraction of sp³-hybridized carbons (Fsp3) is 0.333. The first kappa shape index (κ1) is 16.2. The van der Waals surface area contributed by atoms with Crippen molar-refractivity contribution >= 4 is 5.91 Å². The van der Waals surface area contributed by atoms with Gasteiger partial charge in [0.05, 0.1) is 12.5 Å². The molecule has 4 nitrogen and oxygen atoms in total. The molecule has 0 spiro atoms. The summed E-state index contributed by atoms with van der Waals surface area (Å²) in [5, 5.41) is 13.0. The van der Waals surface area contributed by atoms with Crippen molar-refractivity contribution in [2.24, 2.45) is 0 Å². The van der Waals surface area contributed by atoms with Crippen molar-refractivity contribution in [3.63, 3.8) is 0 Å². The van der Waals surface area contributed by atoms with E-state index in [2.05, 4.69) is 24.1 Å². The lowest BCUT2D eigenvalue weighted by atomic mass is 9.85. The molecule has 1 unspecified atom stereocenters. The maximum atomic E-state index is 12.0. The van der Waals surface area contributed by atoms with Crippen LogP contribution in [0.2, 0.25) is 0 Å². The van der Waals surface area contributed by atoms with E-state index in [4.69, 9.17) is 0 Å². The van der Waals surface area contributed by atoms with E-state index in [1.54, 1.807) is 12.4 Å². The van der Waals surface area contributed by atoms with Crippen molar-refractivity contribution < 1.29 is 9.90 Å². The molecule has 0 fully saturated rings. The maximum absolute atomic E-state index is 12.0. The lowest BCUT2D eigenvalue weighted by Crippen LogP contribution is -2.37. The standard InChI is InChI=1S/C18H22N2O2/c1-18(2,15-8-10-19-11-9-15)13-20-17(22)12-16(21)14-6-4-3-5-7-14/h3-11,16,21H,12-13H2,1-2H3,(H,20,22). The topological polar surface area (TPSA) is 62.2 Å². The molecule has 0 saturated carbocycles. The fourth-order valence-corrected chi connectivity index (χ4v) is 2.27. The molecule has 0 radical (unpaired) electrons. The lowest BCUT2D eigenvalue weighted by molar-refractivity contribution is -0.123. The van der Waals surface area contributed by atoms with Crippen molar-refractivity contribution in [1.29, 1.82) is 0 Å². The second-order valence-electron chi connectivity index (χ2n) is 6.03. The van der Waals surface area contributed by atoms with Crippen molar-refractivity contribution in [3.8, 4) is 0 Å². The summed E-state index contributed by atoms with van der Waals surface area (Å²) in [6.45, 7) is 4.64. The van der Waals surface area contributed by atoms with E-state index in [1.165, 1.54) is 0 Å². The molecule has 1 heterocycles. The third-order valence-electron chi connectivity index (χ3n) is 3.75. The number of pyridine rings is 1. The van der Waals surface area contributed by atoms with Crippen LogP contribution in [0.25, 0.3) is 0 Å². The Morgan fingerprint density at radius 1 is 1.18 bits per heavy atom. The number of nitrogens with zero attached hydrogens (tertiary/aromatic N) is 1. The zero-order valence-corrected chi connectivity index (χ0v) is 13.0. The highest BCUT2D eigenvalue weighted by molar-refractivity contribution is 5.76. The third kappa shape index (κ3) is 4.40. The smallest absolute Gasteiger partial charge is 0.222 e. The lowest BCUT2D eigenvalue weighted by Gasteiger charge is -2.25. The van der Waals surface area contributed by atoms with E-state index in [0.29, 0.717) is 6.54 Å². The number of hydrogen-bond donors (Lipinski definition) is 2. The summed E-state index contributed by atoms with van der Waals surface area (Å²) < 4.78 is 0. The third-order valence-corrected chi connectivity index (χ3v) is 3.75. The Balaban J connectivity index is 1.88. The number of carbonyl (C=O) groups is 1. The second kappa shape index (κ2) is 7.18. The van der Waals surface area contributed by atoms with E-state index in [1.807, 2.05) is 42.5 Å². The fourth-order valence-electron chi connectivity index (χ4n) is 2.27. The van der Waals surface area contributed by atoms with E-state index < -0.39 is 6.10 Å². The zero-order chi connectivity index (χ0) is 16.0. The number of carbonyl (C=O) groups excluding carboxylic acids is 1. The molecule has 0 saturated heterocycles. The predicted molar refractivity (Wildman–Crippen MR) is 86.3 cm³/mol. The molecular formula is C18H22N2O2. The normalized spacial score (nSPS) is 12.7. The van der Waals surface area contributed by atoms with Gasteiger partial charge in [-0.25, -0.2) is 0 Å². The molecule has 0 aliphatic rings. The van der Waals surface area contributed by atoms with Crippen molar-refractivity contribution in [2.45, 2.75) is 31.8 Å². The predicted octanol–water partition coefficient (Wildman–Crippen LogP) is 2.60. The molecule has 0 aliphatic heterocycles. The van der Waals surface area contributed by atoms with Crippen LogP contribution >= 0.6 is 0 Å². The van der Waals surface area contributed by atoms with Crippen LogP contribution in [-0.4, -0.2) is 22.5 Å². The number of aliphatic hydroxyl groups is 1. The van der Waals surface area contributed by atoms with Gasteiger partial charge in [0.25, 0.3) is 0 Å². The number of rotatable bonds is 6. The largest absolute Gasteiger partial charge is 0.388 e. The number of nitrogens with one attached hydrogen (secondary N) is 1. The van der Waals surface area contributed by atoms with Gasteiger partial charge in [0, 0.05) is 24.4 Å². The Labute approximate surface area is 131 Å². The molecule has 1 aromatic heterocycles. The zero-order valence-electron chi connectivity index (χ0n) is 13.0. The minimum Gasteiger partial charge on any atom is -0.388 e. The van der Waals surface area contributed by atoms with Crippen LogP contribution in [0.15, 0.2) is 54.9 Å². The van der Waals surface area contributed by atoms with Gasteiger partial charge in [0.2, 0.25) is 5.91 Å². The number of amides is 1. The number of aliphatic hydroxyl groups excluding tert-OH is 1. The minimum atomic E-state index is -0.773. The molecule has 22 heavy (non-hydrogen) atoms. The maximum Gasteiger partial charge on any atom is 0.222 e. The molecule has 2 N–H and O–H groups in total. The van der Waals surface area contributed by atoms with Gasteiger partial charge in [-0.3, -0.25) is 9.78 Å². The average molecular weight is 298 g/mol. The summed E-state index contributed by atoms with van der Waals surface area (Å²) in [5.74, 6) is -0.154. The van der Waals surface area contributed by atoms with Crippen LogP contribution in [0.4, 0.5) is 0 Å². The van der Waals surface area contributed by atoms with Crippen LogP contribution in [0.3, 0.4) is 0 Å². The Kier molecular flexibility index (Phi) is 5.28. The highest BCUT2D eigenvalue weighted by Gasteiger charge is 2.22. The monoisotopic (exact) mass is 298 g/mol. The van der Waals surface area contributed by atoms with Crippen molar-refractivity contribution in [2.75, 3.05) is 6.54 Å². The molecule has 4 heteroatoms. The number of aromatic nitrogens is 1. The first-order chi connectivity index (χ1) is 10.5. The summed E-state index contributed by atoms with van der Waals surface area (Å²) in [6.07, 6.45) is 2.79. The molecule has 1 atom stereocenters. The highest BCUT2D eigenvalue weighted by atomic mass is 16.3. The van der Waals surface area contributed by atoms with Crippen LogP contribution in [0.1, 0.15) is 37.5 Å². The van der Waals surface area contributed by atoms with Crippen molar-refractivity contribution in [3.05, 3.63) is 66.0 Å². The summed E-state index contributed by atoms with van der Waals surface area (Å²) in [4.78, 5) is 16.0. The van der Waals surface area contributed by atoms with E-state index in [0.717, 1.165) is 11.1 Å². The van der Waals surface area contributed by atoms with Crippen LogP contribution in [0, 0.1) is 0 Å². The van der Waals surface area contributed by atoms with Gasteiger partial charge in [-0.05, 0) is 23.3 Å². The molecule has 0 bridgehead atoms. The molecule has 2 rings (SSSR count). The van der Waals surface area contributed by atoms with Gasteiger partial charge in [-0.1, -0.05) is 44.2 Å². The summed E-state index contributed by atoms with van der Waals surface area (Å²) in [7, 11) is 0. The molecule has 0 aliphatic carbocycles. The summed E-state index contributed by atoms with van der Waals surface area (Å²) in [6, 6.07) is 13.1. The van der Waals surface area contributed by atoms with Crippen LogP contribution in [-0.2, 0) is 10.2 Å². The van der Waals surface area contributed by atoms with Gasteiger partial charge in [-0.2, -0.15) is 0 Å². The van der Waals surface area contributed by atoms with E-state index in [-0.39, 0.29) is 17.7 Å². The second-order valence-corrected chi connectivity index (χ2v) is 6.03. The quantitative estimate of drug-likeness (QED) is 0.861. The molecule has 1 aromatic carbocycles. The van der Waals surface area contributed by atoms with Crippen LogP contribution < -0.4 is 5.32 Å². The van der Waals surface area contributed by atoms with E-state index in [9.17, 15) is 9.90 Å². The Hall–Kier alpha value is -2.20. The van der Waals surface area contributed by atoms with Gasteiger partial charge in [-0.15, -0.1) is 0 Å². The van der Waals surface area contributed by atoms with Gasteiger partial charge < -0.3 is 10.4 Å². The number of hydrogen-bond acceptors (Lipinski definition) is 3. The highest BCUT2D eigenvalue weighted by Crippen LogP contribution is 2.21. The Morgan fingerprint density at radius 3 is 2.45 bits per heavy atom. The molecule has 116 valence electrons. The van der Waals surface area contributed by atoms with Crippen LogP contribution in [0.5, 0.6) is 0 Å². The Bertz CT molecular complexity index is 597. The Morgan fingerprint density at radius 2 is 1.82 bits per heavy atom. The molecular weight excluding hydrogens is 276 g/mol. The first-order valence-electron chi connectivity index (χ1n) is 7.39. The van der Waals surface area contributed by atoms with Gasteiger partial charge in [0.1, 0.15) is 0 Å². The minimum absolute atomic E-state index is 0.0659. The van der Waals surface area contributed by atoms with Crippen molar-refractivity contribution in [1.82, 2.24) is 10.3 Å². The van der Waals surface area contributed by atoms with E-state index >= 15 is 0 Å². The number of benzene rings is 1. The van der Waals surface area contributed by atoms with Gasteiger partial charge in [0.15, 0.2) is 0 Å². The molecule has 1 amide bonds. The average Bonchev–Trinajstić information content (AvgIpc) is 2.55. The summed E-state index contributed by atoms with van der Waals surface area (Å²) in [5.41, 5.74) is 1.69. The SMILES string of the molecule is CC(C)(CNC(=O)CC(O)c1ccccc1)c1ccncc1.